The summed E-state index contributed by atoms with van der Waals surface area (Å²) in [5.41, 5.74) is 0. The van der Waals surface area contributed by atoms with E-state index in [0.717, 1.165) is 5.03 Å². The lowest BCUT2D eigenvalue weighted by Crippen LogP contribution is -1.71. The van der Waals surface area contributed by atoms with Crippen LogP contribution in [0.25, 0.3) is 0 Å². The average molecular weight is 160 g/mol. The van der Waals surface area contributed by atoms with E-state index in [-0.39, 0.29) is 10.9 Å². The minimum atomic E-state index is -0.320. The van der Waals surface area contributed by atoms with Crippen LogP contribution in [0.15, 0.2) is 21.9 Å². The molecule has 9 heavy (non-hydrogen) atoms. The number of hydrogen-bond acceptors (Lipinski definition) is 1. The van der Waals surface area contributed by atoms with E-state index in [1.807, 2.05) is 16.9 Å². The van der Waals surface area contributed by atoms with Crippen molar-refractivity contribution in [3.8, 4) is 6.07 Å². The molecule has 1 aliphatic heterocycles. The van der Waals surface area contributed by atoms with Gasteiger partial charge in [-0.1, -0.05) is 11.6 Å². The molecule has 0 saturated heterocycles. The van der Waals surface area contributed by atoms with Crippen LogP contribution in [0.4, 0.5) is 0 Å². The summed E-state index contributed by atoms with van der Waals surface area (Å²) in [6.07, 6.45) is 1.85. The predicted octanol–water partition coefficient (Wildman–Crippen LogP) is 2.12. The molecule has 0 N–H and O–H groups in total. The monoisotopic (exact) mass is 159 g/mol. The second-order valence-electron chi connectivity index (χ2n) is 1.66. The zero-order chi connectivity index (χ0) is 6.69. The van der Waals surface area contributed by atoms with Crippen LogP contribution in [0.3, 0.4) is 0 Å². The number of thiol groups is 1. The van der Waals surface area contributed by atoms with Crippen LogP contribution >= 0.6 is 22.5 Å². The maximum absolute atomic E-state index is 8.27. The smallest absolute Gasteiger partial charge is 0.0719 e. The molecule has 0 radical (unpaired) electrons. The molecule has 0 spiro atoms. The highest BCUT2D eigenvalue weighted by molar-refractivity contribution is 8.22. The van der Waals surface area contributed by atoms with Crippen molar-refractivity contribution in [3.05, 3.63) is 21.9 Å². The second kappa shape index (κ2) is 2.95. The summed E-state index contributed by atoms with van der Waals surface area (Å²) in [6, 6.07) is 2.10. The summed E-state index contributed by atoms with van der Waals surface area (Å²) in [7, 11) is -0.320. The summed E-state index contributed by atoms with van der Waals surface area (Å²) in [5.74, 6) is 0.599. The zero-order valence-corrected chi connectivity index (χ0v) is 6.36. The van der Waals surface area contributed by atoms with Crippen LogP contribution in [-0.4, -0.2) is 5.75 Å². The second-order valence-corrected chi connectivity index (χ2v) is 4.00. The quantitative estimate of drug-likeness (QED) is 0.583. The first-order chi connectivity index (χ1) is 4.33. The topological polar surface area (TPSA) is 23.8 Å². The van der Waals surface area contributed by atoms with Gasteiger partial charge in [-0.3, -0.25) is 0 Å². The molecule has 0 amide bonds. The highest BCUT2D eigenvalue weighted by atomic mass is 35.5. The summed E-state index contributed by atoms with van der Waals surface area (Å²) >= 11 is 5.62. The maximum Gasteiger partial charge on any atom is 0.0719 e. The molecular formula is C6H6ClNS. The molecule has 0 fully saturated rings. The maximum atomic E-state index is 8.27. The van der Waals surface area contributed by atoms with Gasteiger partial charge in [-0.15, -0.1) is 0 Å². The molecular weight excluding hydrogens is 154 g/mol. The molecule has 0 aromatic heterocycles. The molecule has 0 saturated carbocycles. The third kappa shape index (κ3) is 1.78. The minimum Gasteiger partial charge on any atom is -0.199 e. The molecule has 0 bridgehead atoms. The van der Waals surface area contributed by atoms with Gasteiger partial charge in [-0.25, -0.2) is 0 Å². The number of nitrogens with zero attached hydrogens (tertiary/aromatic N) is 1. The minimum absolute atomic E-state index is 0.320. The fourth-order valence-corrected chi connectivity index (χ4v) is 2.32. The summed E-state index contributed by atoms with van der Waals surface area (Å²) in [5, 5.41) is 13.0. The van der Waals surface area contributed by atoms with Gasteiger partial charge in [-0.2, -0.15) is 16.2 Å². The molecule has 0 aromatic carbocycles. The van der Waals surface area contributed by atoms with Crippen molar-refractivity contribution < 1.29 is 0 Å². The largest absolute Gasteiger partial charge is 0.199 e. The van der Waals surface area contributed by atoms with E-state index >= 15 is 0 Å². The Balaban J connectivity index is 2.52. The molecule has 1 unspecified atom stereocenters. The first kappa shape index (κ1) is 6.73. The highest BCUT2D eigenvalue weighted by Gasteiger charge is 2.01. The number of allylic oxidation sites excluding steroid dienone is 2. The molecule has 3 heteroatoms. The van der Waals surface area contributed by atoms with Crippen molar-refractivity contribution in [2.75, 3.05) is 5.75 Å². The van der Waals surface area contributed by atoms with E-state index in [1.165, 1.54) is 0 Å². The van der Waals surface area contributed by atoms with Gasteiger partial charge in [-0.05, 0) is 16.9 Å². The molecule has 1 rings (SSSR count). The van der Waals surface area contributed by atoms with Crippen LogP contribution in [0.1, 0.15) is 0 Å². The van der Waals surface area contributed by atoms with Crippen LogP contribution in [0.5, 0.6) is 0 Å². The highest BCUT2D eigenvalue weighted by Crippen LogP contribution is 2.36. The lowest BCUT2D eigenvalue weighted by molar-refractivity contribution is 1.50. The van der Waals surface area contributed by atoms with Crippen molar-refractivity contribution in [2.45, 2.75) is 0 Å². The average Bonchev–Trinajstić information content (AvgIpc) is 2.17. The van der Waals surface area contributed by atoms with Gasteiger partial charge >= 0.3 is 0 Å². The third-order valence-corrected chi connectivity index (χ3v) is 3.00. The standard InChI is InChI=1S/C6H6ClNS/c7-6-1-3-9(5-6)4-2-8/h1,3,5,9H,4H2. The Morgan fingerprint density at radius 1 is 1.78 bits per heavy atom. The number of nitriles is 1. The van der Waals surface area contributed by atoms with E-state index in [9.17, 15) is 0 Å². The predicted molar refractivity (Wildman–Crippen MR) is 42.5 cm³/mol. The van der Waals surface area contributed by atoms with Gasteiger partial charge in [0, 0.05) is 5.03 Å². The molecule has 1 heterocycles. The Bertz CT molecular complexity index is 202. The summed E-state index contributed by atoms with van der Waals surface area (Å²) < 4.78 is 0. The molecule has 1 aliphatic rings. The normalized spacial score (nSPS) is 27.6. The van der Waals surface area contributed by atoms with Gasteiger partial charge in [0.2, 0.25) is 0 Å². The SMILES string of the molecule is N#CC[SH]1C=CC(Cl)=C1. The number of rotatable bonds is 1. The Kier molecular flexibility index (Phi) is 2.21. The van der Waals surface area contributed by atoms with E-state index in [0.29, 0.717) is 5.75 Å². The fraction of sp³-hybridized carbons (Fsp3) is 0.167. The summed E-state index contributed by atoms with van der Waals surface area (Å²) in [6.45, 7) is 0. The Morgan fingerprint density at radius 3 is 3.00 bits per heavy atom. The Labute approximate surface area is 62.0 Å². The van der Waals surface area contributed by atoms with Crippen LogP contribution in [0.2, 0.25) is 0 Å². The van der Waals surface area contributed by atoms with Crippen LogP contribution in [0, 0.1) is 11.3 Å². The van der Waals surface area contributed by atoms with E-state index in [1.54, 1.807) is 0 Å². The molecule has 1 atom stereocenters. The summed E-state index contributed by atoms with van der Waals surface area (Å²) in [4.78, 5) is 0. The van der Waals surface area contributed by atoms with Crippen LogP contribution < -0.4 is 0 Å². The van der Waals surface area contributed by atoms with Crippen LogP contribution in [-0.2, 0) is 0 Å². The Hall–Kier alpha value is -0.390. The molecule has 0 aliphatic carbocycles. The van der Waals surface area contributed by atoms with Gasteiger partial charge < -0.3 is 0 Å². The van der Waals surface area contributed by atoms with Gasteiger partial charge in [0.05, 0.1) is 11.8 Å². The zero-order valence-electron chi connectivity index (χ0n) is 4.71. The number of hydrogen-bond donors (Lipinski definition) is 1. The Morgan fingerprint density at radius 2 is 2.56 bits per heavy atom. The molecule has 0 aromatic rings. The van der Waals surface area contributed by atoms with E-state index in [2.05, 4.69) is 6.07 Å². The molecule has 1 nitrogen and oxygen atoms in total. The first-order valence-corrected chi connectivity index (χ1v) is 4.55. The van der Waals surface area contributed by atoms with Gasteiger partial charge in [0.25, 0.3) is 0 Å². The van der Waals surface area contributed by atoms with Gasteiger partial charge in [0.1, 0.15) is 0 Å². The lowest BCUT2D eigenvalue weighted by Gasteiger charge is -1.99. The number of halogens is 1. The van der Waals surface area contributed by atoms with Crippen molar-refractivity contribution in [3.63, 3.8) is 0 Å². The van der Waals surface area contributed by atoms with E-state index in [4.69, 9.17) is 16.9 Å². The lowest BCUT2D eigenvalue weighted by atomic mass is 10.6. The van der Waals surface area contributed by atoms with Crippen molar-refractivity contribution in [1.29, 1.82) is 5.26 Å². The fourth-order valence-electron chi connectivity index (χ4n) is 0.591. The molecule has 48 valence electrons. The first-order valence-electron chi connectivity index (χ1n) is 2.51. The van der Waals surface area contributed by atoms with E-state index < -0.39 is 0 Å². The van der Waals surface area contributed by atoms with Crippen molar-refractivity contribution in [1.82, 2.24) is 0 Å². The van der Waals surface area contributed by atoms with Gasteiger partial charge in [0.15, 0.2) is 0 Å². The van der Waals surface area contributed by atoms with Crippen molar-refractivity contribution in [2.24, 2.45) is 0 Å². The van der Waals surface area contributed by atoms with Crippen molar-refractivity contribution >= 4 is 22.5 Å². The third-order valence-electron chi connectivity index (χ3n) is 0.968.